The average molecular weight is 448 g/mol. The molecule has 1 unspecified atom stereocenters. The molecule has 170 valence electrons. The molecule has 2 aromatic heterocycles. The molecule has 0 bridgehead atoms. The number of aliphatic hydroxyl groups is 1. The van der Waals surface area contributed by atoms with Crippen LogP contribution in [-0.4, -0.2) is 40.4 Å². The number of nitrogens with zero attached hydrogens (tertiary/aromatic N) is 2. The van der Waals surface area contributed by atoms with Crippen LogP contribution >= 0.6 is 0 Å². The minimum absolute atomic E-state index is 0.0491. The molecule has 1 amide bonds. The summed E-state index contributed by atoms with van der Waals surface area (Å²) in [7, 11) is 1.51. The van der Waals surface area contributed by atoms with E-state index in [2.05, 4.69) is 4.98 Å². The molecule has 3 heterocycles. The van der Waals surface area contributed by atoms with Crippen LogP contribution in [0.1, 0.15) is 40.4 Å². The maximum atomic E-state index is 13.4. The molecule has 1 aliphatic heterocycles. The zero-order valence-corrected chi connectivity index (χ0v) is 18.6. The number of ketones is 1. The van der Waals surface area contributed by atoms with Gasteiger partial charge >= 0.3 is 0 Å². The van der Waals surface area contributed by atoms with Crippen LogP contribution in [0.15, 0.2) is 70.6 Å². The molecule has 4 rings (SSSR count). The zero-order valence-electron chi connectivity index (χ0n) is 18.6. The molecule has 33 heavy (non-hydrogen) atoms. The largest absolute Gasteiger partial charge is 0.503 e. The molecule has 3 aromatic rings. The van der Waals surface area contributed by atoms with E-state index in [0.717, 1.165) is 5.56 Å². The quantitative estimate of drug-likeness (QED) is 0.516. The lowest BCUT2D eigenvalue weighted by Crippen LogP contribution is -2.30. The van der Waals surface area contributed by atoms with Crippen molar-refractivity contribution in [2.24, 2.45) is 0 Å². The maximum absolute atomic E-state index is 13.4. The number of furan rings is 1. The van der Waals surface area contributed by atoms with E-state index in [1.165, 1.54) is 18.1 Å². The average Bonchev–Trinajstić information content (AvgIpc) is 3.36. The highest BCUT2D eigenvalue weighted by Gasteiger charge is 2.44. The number of Topliss-reactive ketones (excluding diaryl/α,β-unsaturated/α-hetero) is 1. The number of carbonyl (C=O) groups excluding carboxylic acids is 2. The summed E-state index contributed by atoms with van der Waals surface area (Å²) in [6.07, 6.45) is 3.27. The Morgan fingerprint density at radius 1 is 1.21 bits per heavy atom. The Morgan fingerprint density at radius 2 is 2.03 bits per heavy atom. The molecule has 0 fully saturated rings. The predicted octanol–water partition coefficient (Wildman–Crippen LogP) is 4.17. The molecule has 0 saturated heterocycles. The Kier molecular flexibility index (Phi) is 6.17. The van der Waals surface area contributed by atoms with Crippen LogP contribution in [0.3, 0.4) is 0 Å². The number of benzene rings is 1. The van der Waals surface area contributed by atoms with Crippen molar-refractivity contribution in [3.8, 4) is 11.5 Å². The van der Waals surface area contributed by atoms with Gasteiger partial charge in [0.05, 0.1) is 25.3 Å². The van der Waals surface area contributed by atoms with Crippen molar-refractivity contribution in [1.29, 1.82) is 0 Å². The van der Waals surface area contributed by atoms with Gasteiger partial charge in [-0.3, -0.25) is 14.6 Å². The van der Waals surface area contributed by atoms with Gasteiger partial charge in [-0.05, 0) is 55.3 Å². The predicted molar refractivity (Wildman–Crippen MR) is 119 cm³/mol. The number of hydrogen-bond acceptors (Lipinski definition) is 7. The summed E-state index contributed by atoms with van der Waals surface area (Å²) in [5, 5.41) is 10.8. The Bertz CT molecular complexity index is 1210. The summed E-state index contributed by atoms with van der Waals surface area (Å²) in [5.74, 6) is -0.216. The van der Waals surface area contributed by atoms with Gasteiger partial charge in [-0.2, -0.15) is 0 Å². The molecular weight excluding hydrogens is 424 g/mol. The molecule has 1 aromatic carbocycles. The summed E-state index contributed by atoms with van der Waals surface area (Å²) in [6.45, 7) is 4.17. The fourth-order valence-electron chi connectivity index (χ4n) is 3.90. The summed E-state index contributed by atoms with van der Waals surface area (Å²) in [4.78, 5) is 32.0. The van der Waals surface area contributed by atoms with E-state index in [1.54, 1.807) is 49.6 Å². The van der Waals surface area contributed by atoms with E-state index in [-0.39, 0.29) is 17.9 Å². The highest BCUT2D eigenvalue weighted by Crippen LogP contribution is 2.42. The third-order valence-electron chi connectivity index (χ3n) is 5.39. The first-order valence-corrected chi connectivity index (χ1v) is 10.5. The Labute approximate surface area is 191 Å². The van der Waals surface area contributed by atoms with Crippen molar-refractivity contribution in [2.45, 2.75) is 26.4 Å². The SMILES string of the molecule is CCOc1ccc(C2C(C(=O)c3ccc(C)o3)=C(O)C(=O)N2Cc2cccnc2)cc1OC. The molecule has 0 aliphatic carbocycles. The second-order valence-corrected chi connectivity index (χ2v) is 7.54. The standard InChI is InChI=1S/C25H24N2O6/c1-4-32-18-10-8-17(12-20(18)31-3)22-21(23(28)19-9-7-15(2)33-19)24(29)25(30)27(22)14-16-6-5-11-26-13-16/h5-13,22,29H,4,14H2,1-3H3. The number of hydrogen-bond donors (Lipinski definition) is 1. The van der Waals surface area contributed by atoms with Gasteiger partial charge in [-0.1, -0.05) is 12.1 Å². The molecule has 8 heteroatoms. The second kappa shape index (κ2) is 9.20. The molecule has 0 saturated carbocycles. The number of aryl methyl sites for hydroxylation is 1. The minimum atomic E-state index is -0.861. The molecule has 0 spiro atoms. The molecular formula is C25H24N2O6. The van der Waals surface area contributed by atoms with Gasteiger partial charge < -0.3 is 23.9 Å². The van der Waals surface area contributed by atoms with Gasteiger partial charge in [-0.25, -0.2) is 0 Å². The lowest BCUT2D eigenvalue weighted by molar-refractivity contribution is -0.130. The number of pyridine rings is 1. The van der Waals surface area contributed by atoms with Crippen molar-refractivity contribution >= 4 is 11.7 Å². The van der Waals surface area contributed by atoms with E-state index in [9.17, 15) is 14.7 Å². The van der Waals surface area contributed by atoms with Gasteiger partial charge in [-0.15, -0.1) is 0 Å². The maximum Gasteiger partial charge on any atom is 0.290 e. The minimum Gasteiger partial charge on any atom is -0.503 e. The van der Waals surface area contributed by atoms with Crippen LogP contribution < -0.4 is 9.47 Å². The van der Waals surface area contributed by atoms with Crippen LogP contribution in [0.25, 0.3) is 0 Å². The normalized spacial score (nSPS) is 15.8. The van der Waals surface area contributed by atoms with Gasteiger partial charge in [0.2, 0.25) is 5.78 Å². The van der Waals surface area contributed by atoms with Crippen LogP contribution in [-0.2, 0) is 11.3 Å². The third-order valence-corrected chi connectivity index (χ3v) is 5.39. The van der Waals surface area contributed by atoms with Crippen LogP contribution in [0.5, 0.6) is 11.5 Å². The highest BCUT2D eigenvalue weighted by molar-refractivity contribution is 6.15. The zero-order chi connectivity index (χ0) is 23.5. The monoisotopic (exact) mass is 448 g/mol. The first-order valence-electron chi connectivity index (χ1n) is 10.5. The first-order chi connectivity index (χ1) is 15.9. The van der Waals surface area contributed by atoms with Crippen molar-refractivity contribution in [1.82, 2.24) is 9.88 Å². The number of aliphatic hydroxyl groups excluding tert-OH is 1. The number of carbonyl (C=O) groups is 2. The topological polar surface area (TPSA) is 102 Å². The highest BCUT2D eigenvalue weighted by atomic mass is 16.5. The second-order valence-electron chi connectivity index (χ2n) is 7.54. The number of methoxy groups -OCH3 is 1. The van der Waals surface area contributed by atoms with Crippen LogP contribution in [0, 0.1) is 6.92 Å². The van der Waals surface area contributed by atoms with E-state index < -0.39 is 23.5 Å². The van der Waals surface area contributed by atoms with E-state index >= 15 is 0 Å². The Hall–Kier alpha value is -4.07. The lowest BCUT2D eigenvalue weighted by Gasteiger charge is -2.27. The summed E-state index contributed by atoms with van der Waals surface area (Å²) < 4.78 is 16.6. The van der Waals surface area contributed by atoms with Crippen LogP contribution in [0.2, 0.25) is 0 Å². The molecule has 1 atom stereocenters. The van der Waals surface area contributed by atoms with Gasteiger partial charge in [0.25, 0.3) is 5.91 Å². The van der Waals surface area contributed by atoms with Gasteiger partial charge in [0.15, 0.2) is 23.0 Å². The Morgan fingerprint density at radius 3 is 2.67 bits per heavy atom. The fraction of sp³-hybridized carbons (Fsp3) is 0.240. The van der Waals surface area contributed by atoms with Crippen molar-refractivity contribution in [3.05, 3.63) is 88.8 Å². The smallest absolute Gasteiger partial charge is 0.290 e. The molecule has 1 N–H and O–H groups in total. The molecule has 1 aliphatic rings. The number of aromatic nitrogens is 1. The van der Waals surface area contributed by atoms with Gasteiger partial charge in [0.1, 0.15) is 5.76 Å². The first kappa shape index (κ1) is 22.1. The van der Waals surface area contributed by atoms with Crippen molar-refractivity contribution in [3.63, 3.8) is 0 Å². The summed E-state index contributed by atoms with van der Waals surface area (Å²) in [6, 6.07) is 11.1. The Balaban J connectivity index is 1.82. The third kappa shape index (κ3) is 4.19. The number of ether oxygens (including phenoxy) is 2. The van der Waals surface area contributed by atoms with E-state index in [0.29, 0.717) is 29.4 Å². The fourth-order valence-corrected chi connectivity index (χ4v) is 3.90. The summed E-state index contributed by atoms with van der Waals surface area (Å²) in [5.41, 5.74) is 1.29. The molecule has 8 nitrogen and oxygen atoms in total. The summed E-state index contributed by atoms with van der Waals surface area (Å²) >= 11 is 0. The van der Waals surface area contributed by atoms with E-state index in [1.807, 2.05) is 13.0 Å². The van der Waals surface area contributed by atoms with Gasteiger partial charge in [0, 0.05) is 18.9 Å². The number of rotatable bonds is 8. The van der Waals surface area contributed by atoms with Crippen LogP contribution in [0.4, 0.5) is 0 Å². The molecule has 0 radical (unpaired) electrons. The lowest BCUT2D eigenvalue weighted by atomic mass is 9.94. The van der Waals surface area contributed by atoms with E-state index in [4.69, 9.17) is 13.9 Å². The number of amides is 1. The van der Waals surface area contributed by atoms with Crippen molar-refractivity contribution in [2.75, 3.05) is 13.7 Å². The van der Waals surface area contributed by atoms with Crippen molar-refractivity contribution < 1.29 is 28.6 Å².